The Morgan fingerprint density at radius 3 is 2.87 bits per heavy atom. The van der Waals surface area contributed by atoms with Gasteiger partial charge in [-0.3, -0.25) is 10.1 Å². The van der Waals surface area contributed by atoms with E-state index >= 15 is 0 Å². The van der Waals surface area contributed by atoms with Gasteiger partial charge in [0.2, 0.25) is 0 Å². The maximum atomic E-state index is 11.0. The van der Waals surface area contributed by atoms with Gasteiger partial charge in [0, 0.05) is 6.04 Å². The first-order valence-corrected chi connectivity index (χ1v) is 4.90. The summed E-state index contributed by atoms with van der Waals surface area (Å²) in [6.07, 6.45) is 0.677. The predicted octanol–water partition coefficient (Wildman–Crippen LogP) is 0.319. The van der Waals surface area contributed by atoms with Crippen LogP contribution in [0.2, 0.25) is 0 Å². The summed E-state index contributed by atoms with van der Waals surface area (Å²) < 4.78 is 0. The third-order valence-corrected chi connectivity index (χ3v) is 2.70. The fourth-order valence-corrected chi connectivity index (χ4v) is 1.97. The highest BCUT2D eigenvalue weighted by molar-refractivity contribution is 5.76. The minimum atomic E-state index is -0.902. The third-order valence-electron chi connectivity index (χ3n) is 2.70. The first-order chi connectivity index (χ1) is 7.22. The lowest BCUT2D eigenvalue weighted by Crippen LogP contribution is -2.44. The van der Waals surface area contributed by atoms with Crippen molar-refractivity contribution in [1.82, 2.24) is 5.32 Å². The topological polar surface area (TPSA) is 69.6 Å². The standard InChI is InChI=1S/C11H13NO3/c13-6-8-5-7-3-1-2-4-9(7)10(12-8)11(14)15/h1-4,8,10,12-13H,5-6H2,(H,14,15). The largest absolute Gasteiger partial charge is 0.480 e. The Morgan fingerprint density at radius 2 is 2.20 bits per heavy atom. The maximum Gasteiger partial charge on any atom is 0.325 e. The fourth-order valence-electron chi connectivity index (χ4n) is 1.97. The second-order valence-corrected chi connectivity index (χ2v) is 3.72. The van der Waals surface area contributed by atoms with Crippen molar-refractivity contribution in [2.75, 3.05) is 6.61 Å². The molecule has 0 aromatic heterocycles. The lowest BCUT2D eigenvalue weighted by molar-refractivity contribution is -0.140. The number of aliphatic hydroxyl groups is 1. The summed E-state index contributed by atoms with van der Waals surface area (Å²) >= 11 is 0. The number of carboxylic acid groups (broad SMARTS) is 1. The molecular weight excluding hydrogens is 194 g/mol. The summed E-state index contributed by atoms with van der Waals surface area (Å²) in [5.74, 6) is -0.902. The van der Waals surface area contributed by atoms with Crippen molar-refractivity contribution in [2.45, 2.75) is 18.5 Å². The van der Waals surface area contributed by atoms with Gasteiger partial charge in [-0.25, -0.2) is 0 Å². The van der Waals surface area contributed by atoms with Crippen LogP contribution in [-0.4, -0.2) is 28.8 Å². The van der Waals surface area contributed by atoms with E-state index in [1.165, 1.54) is 0 Å². The van der Waals surface area contributed by atoms with Gasteiger partial charge < -0.3 is 10.2 Å². The van der Waals surface area contributed by atoms with Crippen molar-refractivity contribution in [3.05, 3.63) is 35.4 Å². The van der Waals surface area contributed by atoms with Crippen molar-refractivity contribution in [3.8, 4) is 0 Å². The van der Waals surface area contributed by atoms with E-state index in [0.717, 1.165) is 11.1 Å². The number of hydrogen-bond donors (Lipinski definition) is 3. The van der Waals surface area contributed by atoms with Crippen molar-refractivity contribution in [2.24, 2.45) is 0 Å². The monoisotopic (exact) mass is 207 g/mol. The van der Waals surface area contributed by atoms with E-state index in [0.29, 0.717) is 6.42 Å². The van der Waals surface area contributed by atoms with Gasteiger partial charge in [0.25, 0.3) is 0 Å². The van der Waals surface area contributed by atoms with Crippen LogP contribution in [-0.2, 0) is 11.2 Å². The highest BCUT2D eigenvalue weighted by Gasteiger charge is 2.29. The Kier molecular flexibility index (Phi) is 2.70. The van der Waals surface area contributed by atoms with E-state index in [1.807, 2.05) is 24.3 Å². The van der Waals surface area contributed by atoms with E-state index < -0.39 is 12.0 Å². The SMILES string of the molecule is O=C(O)C1NC(CO)Cc2ccccc21. The highest BCUT2D eigenvalue weighted by atomic mass is 16.4. The minimum absolute atomic E-state index is 0.0435. The molecule has 1 aromatic carbocycles. The molecule has 1 aliphatic heterocycles. The first-order valence-electron chi connectivity index (χ1n) is 4.90. The number of hydrogen-bond acceptors (Lipinski definition) is 3. The van der Waals surface area contributed by atoms with Crippen LogP contribution in [0.5, 0.6) is 0 Å². The zero-order valence-electron chi connectivity index (χ0n) is 8.18. The molecule has 2 rings (SSSR count). The summed E-state index contributed by atoms with van der Waals surface area (Å²) in [5, 5.41) is 21.0. The Morgan fingerprint density at radius 1 is 1.47 bits per heavy atom. The lowest BCUT2D eigenvalue weighted by Gasteiger charge is -2.29. The molecular formula is C11H13NO3. The highest BCUT2D eigenvalue weighted by Crippen LogP contribution is 2.25. The molecule has 0 saturated carbocycles. The van der Waals surface area contributed by atoms with E-state index in [9.17, 15) is 4.79 Å². The van der Waals surface area contributed by atoms with Gasteiger partial charge in [0.15, 0.2) is 0 Å². The van der Waals surface area contributed by atoms with Gasteiger partial charge in [-0.2, -0.15) is 0 Å². The summed E-state index contributed by atoms with van der Waals surface area (Å²) in [6, 6.07) is 6.57. The van der Waals surface area contributed by atoms with Crippen LogP contribution in [0.3, 0.4) is 0 Å². The van der Waals surface area contributed by atoms with E-state index in [2.05, 4.69) is 5.32 Å². The molecule has 2 atom stereocenters. The molecule has 1 aromatic rings. The van der Waals surface area contributed by atoms with Gasteiger partial charge in [-0.05, 0) is 17.5 Å². The van der Waals surface area contributed by atoms with E-state index in [4.69, 9.17) is 10.2 Å². The molecule has 1 aliphatic rings. The molecule has 0 radical (unpaired) electrons. The summed E-state index contributed by atoms with van der Waals surface area (Å²) in [7, 11) is 0. The molecule has 1 heterocycles. The third kappa shape index (κ3) is 1.86. The minimum Gasteiger partial charge on any atom is -0.480 e. The Balaban J connectivity index is 2.38. The van der Waals surface area contributed by atoms with Crippen LogP contribution in [0.15, 0.2) is 24.3 Å². The molecule has 0 saturated heterocycles. The van der Waals surface area contributed by atoms with Gasteiger partial charge in [-0.15, -0.1) is 0 Å². The maximum absolute atomic E-state index is 11.0. The van der Waals surface area contributed by atoms with Crippen LogP contribution in [0.25, 0.3) is 0 Å². The molecule has 0 spiro atoms. The van der Waals surface area contributed by atoms with Crippen LogP contribution in [0, 0.1) is 0 Å². The quantitative estimate of drug-likeness (QED) is 0.653. The Labute approximate surface area is 87.6 Å². The Bertz CT molecular complexity index is 378. The number of aliphatic hydroxyl groups excluding tert-OH is 1. The molecule has 2 unspecified atom stereocenters. The molecule has 15 heavy (non-hydrogen) atoms. The molecule has 4 heteroatoms. The molecule has 4 nitrogen and oxygen atoms in total. The first kappa shape index (κ1) is 10.1. The van der Waals surface area contributed by atoms with Crippen molar-refractivity contribution in [1.29, 1.82) is 0 Å². The molecule has 3 N–H and O–H groups in total. The number of benzene rings is 1. The second-order valence-electron chi connectivity index (χ2n) is 3.72. The molecule has 0 fully saturated rings. The van der Waals surface area contributed by atoms with Crippen molar-refractivity contribution >= 4 is 5.97 Å². The van der Waals surface area contributed by atoms with Gasteiger partial charge in [0.05, 0.1) is 6.61 Å². The summed E-state index contributed by atoms with van der Waals surface area (Å²) in [4.78, 5) is 11.0. The van der Waals surface area contributed by atoms with E-state index in [-0.39, 0.29) is 12.6 Å². The smallest absolute Gasteiger partial charge is 0.325 e. The normalized spacial score (nSPS) is 24.6. The number of aliphatic carboxylic acids is 1. The van der Waals surface area contributed by atoms with Crippen LogP contribution in [0.4, 0.5) is 0 Å². The number of rotatable bonds is 2. The fraction of sp³-hybridized carbons (Fsp3) is 0.364. The van der Waals surface area contributed by atoms with Crippen LogP contribution in [0.1, 0.15) is 17.2 Å². The zero-order valence-corrected chi connectivity index (χ0v) is 8.18. The van der Waals surface area contributed by atoms with Crippen molar-refractivity contribution in [3.63, 3.8) is 0 Å². The van der Waals surface area contributed by atoms with Crippen LogP contribution >= 0.6 is 0 Å². The molecule has 0 aliphatic carbocycles. The molecule has 80 valence electrons. The average molecular weight is 207 g/mol. The van der Waals surface area contributed by atoms with Gasteiger partial charge in [-0.1, -0.05) is 24.3 Å². The number of carbonyl (C=O) groups is 1. The number of nitrogens with one attached hydrogen (secondary N) is 1. The zero-order chi connectivity index (χ0) is 10.8. The number of fused-ring (bicyclic) bond motifs is 1. The number of carboxylic acids is 1. The van der Waals surface area contributed by atoms with Gasteiger partial charge in [0.1, 0.15) is 6.04 Å². The molecule has 0 amide bonds. The lowest BCUT2D eigenvalue weighted by atomic mass is 9.90. The summed E-state index contributed by atoms with van der Waals surface area (Å²) in [5.41, 5.74) is 1.80. The summed E-state index contributed by atoms with van der Waals surface area (Å²) in [6.45, 7) is -0.0435. The second kappa shape index (κ2) is 4.00. The van der Waals surface area contributed by atoms with E-state index in [1.54, 1.807) is 0 Å². The van der Waals surface area contributed by atoms with Crippen molar-refractivity contribution < 1.29 is 15.0 Å². The Hall–Kier alpha value is -1.39. The predicted molar refractivity (Wildman–Crippen MR) is 54.5 cm³/mol. The average Bonchev–Trinajstić information content (AvgIpc) is 2.27. The van der Waals surface area contributed by atoms with Crippen LogP contribution < -0.4 is 5.32 Å². The molecule has 0 bridgehead atoms. The van der Waals surface area contributed by atoms with Gasteiger partial charge >= 0.3 is 5.97 Å².